The monoisotopic (exact) mass is 329 g/mol. The van der Waals surface area contributed by atoms with Crippen molar-refractivity contribution in [1.82, 2.24) is 18.7 Å². The minimum atomic E-state index is -0.390. The van der Waals surface area contributed by atoms with Gasteiger partial charge in [0.2, 0.25) is 0 Å². The molecule has 7 nitrogen and oxygen atoms in total. The van der Waals surface area contributed by atoms with E-state index in [1.807, 2.05) is 4.57 Å². The minimum Gasteiger partial charge on any atom is -0.362 e. The second-order valence-electron chi connectivity index (χ2n) is 5.96. The lowest BCUT2D eigenvalue weighted by Gasteiger charge is -2.29. The third-order valence-electron chi connectivity index (χ3n) is 4.54. The largest absolute Gasteiger partial charge is 0.362 e. The lowest BCUT2D eigenvalue weighted by Crippen LogP contribution is -2.38. The van der Waals surface area contributed by atoms with E-state index >= 15 is 0 Å². The van der Waals surface area contributed by atoms with Gasteiger partial charge < -0.3 is 9.47 Å². The number of imidazole rings is 1. The van der Waals surface area contributed by atoms with Crippen LogP contribution in [-0.2, 0) is 27.2 Å². The fourth-order valence-corrected chi connectivity index (χ4v) is 3.20. The van der Waals surface area contributed by atoms with Crippen LogP contribution in [0.15, 0.2) is 33.9 Å². The van der Waals surface area contributed by atoms with Gasteiger partial charge in [0, 0.05) is 32.9 Å². The summed E-state index contributed by atoms with van der Waals surface area (Å²) in [6, 6.07) is 6.30. The van der Waals surface area contributed by atoms with Crippen LogP contribution in [0.2, 0.25) is 0 Å². The van der Waals surface area contributed by atoms with E-state index in [0.717, 1.165) is 16.1 Å². The topological polar surface area (TPSA) is 65.1 Å². The van der Waals surface area contributed by atoms with Gasteiger partial charge in [0.05, 0.1) is 6.54 Å². The van der Waals surface area contributed by atoms with Crippen LogP contribution in [0, 0.1) is 5.82 Å². The number of benzene rings is 1. The highest BCUT2D eigenvalue weighted by atomic mass is 19.1. The number of anilines is 1. The van der Waals surface area contributed by atoms with E-state index in [0.29, 0.717) is 30.8 Å². The van der Waals surface area contributed by atoms with Crippen molar-refractivity contribution in [2.75, 3.05) is 11.4 Å². The molecule has 0 fully saturated rings. The highest BCUT2D eigenvalue weighted by molar-refractivity contribution is 5.71. The molecule has 24 heavy (non-hydrogen) atoms. The van der Waals surface area contributed by atoms with Crippen LogP contribution in [0.25, 0.3) is 11.2 Å². The van der Waals surface area contributed by atoms with Gasteiger partial charge in [0.25, 0.3) is 5.56 Å². The average Bonchev–Trinajstić information content (AvgIpc) is 2.97. The highest BCUT2D eigenvalue weighted by Crippen LogP contribution is 2.23. The molecule has 1 aliphatic rings. The maximum atomic E-state index is 13.1. The summed E-state index contributed by atoms with van der Waals surface area (Å²) >= 11 is 0. The Labute approximate surface area is 136 Å². The summed E-state index contributed by atoms with van der Waals surface area (Å²) in [5.41, 5.74) is 1.03. The molecule has 0 saturated carbocycles. The minimum absolute atomic E-state index is 0.276. The van der Waals surface area contributed by atoms with Crippen LogP contribution < -0.4 is 16.1 Å². The molecule has 4 rings (SSSR count). The van der Waals surface area contributed by atoms with Crippen LogP contribution in [0.3, 0.4) is 0 Å². The number of hydrogen-bond donors (Lipinski definition) is 0. The van der Waals surface area contributed by atoms with E-state index in [1.165, 1.54) is 23.7 Å². The Balaban J connectivity index is 1.84. The standard InChI is InChI=1S/C16H16FN5O2/c1-19-14-13(15(23)20(2)16(19)24)22-8-7-21(9-12(22)18-14)11-5-3-10(17)4-6-11/h3-6H,7-9H2,1-2H3. The van der Waals surface area contributed by atoms with Crippen LogP contribution in [0.5, 0.6) is 0 Å². The van der Waals surface area contributed by atoms with E-state index < -0.39 is 5.69 Å². The lowest BCUT2D eigenvalue weighted by atomic mass is 10.2. The molecule has 0 spiro atoms. The van der Waals surface area contributed by atoms with Crippen LogP contribution in [0.4, 0.5) is 10.1 Å². The molecule has 0 unspecified atom stereocenters. The van der Waals surface area contributed by atoms with Crippen molar-refractivity contribution in [2.24, 2.45) is 14.1 Å². The lowest BCUT2D eigenvalue weighted by molar-refractivity contribution is 0.568. The summed E-state index contributed by atoms with van der Waals surface area (Å²) in [7, 11) is 3.08. The fraction of sp³-hybridized carbons (Fsp3) is 0.312. The van der Waals surface area contributed by atoms with E-state index in [-0.39, 0.29) is 11.4 Å². The zero-order valence-corrected chi connectivity index (χ0v) is 13.4. The van der Waals surface area contributed by atoms with Gasteiger partial charge >= 0.3 is 5.69 Å². The van der Waals surface area contributed by atoms with Crippen molar-refractivity contribution >= 4 is 16.9 Å². The van der Waals surface area contributed by atoms with Crippen LogP contribution in [-0.4, -0.2) is 25.2 Å². The molecule has 0 N–H and O–H groups in total. The van der Waals surface area contributed by atoms with Crippen molar-refractivity contribution in [3.05, 3.63) is 56.7 Å². The molecule has 8 heteroatoms. The van der Waals surface area contributed by atoms with Crippen LogP contribution >= 0.6 is 0 Å². The summed E-state index contributed by atoms with van der Waals surface area (Å²) in [6.45, 7) is 1.75. The van der Waals surface area contributed by atoms with Crippen molar-refractivity contribution in [1.29, 1.82) is 0 Å². The predicted octanol–water partition coefficient (Wildman–Crippen LogP) is 0.593. The molecule has 1 aromatic carbocycles. The number of rotatable bonds is 1. The van der Waals surface area contributed by atoms with Crippen molar-refractivity contribution < 1.29 is 4.39 Å². The molecule has 0 saturated heterocycles. The average molecular weight is 329 g/mol. The smallest absolute Gasteiger partial charge is 0.332 e. The SMILES string of the molecule is Cn1c(=O)c2c(nc3n2CCN(c2ccc(F)cc2)C3)n(C)c1=O. The second-order valence-corrected chi connectivity index (χ2v) is 5.96. The highest BCUT2D eigenvalue weighted by Gasteiger charge is 2.24. The van der Waals surface area contributed by atoms with E-state index in [2.05, 4.69) is 9.88 Å². The zero-order chi connectivity index (χ0) is 17.0. The normalized spacial score (nSPS) is 14.2. The van der Waals surface area contributed by atoms with E-state index in [9.17, 15) is 14.0 Å². The molecule has 3 heterocycles. The molecular weight excluding hydrogens is 313 g/mol. The van der Waals surface area contributed by atoms with Gasteiger partial charge in [-0.2, -0.15) is 0 Å². The molecule has 2 aromatic heterocycles. The summed E-state index contributed by atoms with van der Waals surface area (Å²) in [6.07, 6.45) is 0. The van der Waals surface area contributed by atoms with Gasteiger partial charge in [0.15, 0.2) is 11.2 Å². The van der Waals surface area contributed by atoms with Crippen molar-refractivity contribution in [3.8, 4) is 0 Å². The molecule has 0 amide bonds. The Hall–Kier alpha value is -2.90. The molecule has 3 aromatic rings. The second kappa shape index (κ2) is 5.05. The van der Waals surface area contributed by atoms with Gasteiger partial charge in [-0.1, -0.05) is 0 Å². The number of halogens is 1. The molecule has 0 atom stereocenters. The van der Waals surface area contributed by atoms with Crippen LogP contribution in [0.1, 0.15) is 5.82 Å². The molecule has 0 bridgehead atoms. The predicted molar refractivity (Wildman–Crippen MR) is 87.7 cm³/mol. The summed E-state index contributed by atoms with van der Waals surface area (Å²) < 4.78 is 17.5. The van der Waals surface area contributed by atoms with E-state index in [1.54, 1.807) is 19.2 Å². The molecule has 0 radical (unpaired) electrons. The molecule has 0 aliphatic carbocycles. The number of fused-ring (bicyclic) bond motifs is 3. The zero-order valence-electron chi connectivity index (χ0n) is 13.4. The third-order valence-corrected chi connectivity index (χ3v) is 4.54. The number of nitrogens with zero attached hydrogens (tertiary/aromatic N) is 5. The van der Waals surface area contributed by atoms with Gasteiger partial charge in [-0.05, 0) is 24.3 Å². The first-order valence-electron chi connectivity index (χ1n) is 7.63. The van der Waals surface area contributed by atoms with Crippen molar-refractivity contribution in [3.63, 3.8) is 0 Å². The Morgan fingerprint density at radius 3 is 2.46 bits per heavy atom. The Morgan fingerprint density at radius 1 is 1.04 bits per heavy atom. The Bertz CT molecular complexity index is 1060. The number of aromatic nitrogens is 4. The maximum absolute atomic E-state index is 13.1. The fourth-order valence-electron chi connectivity index (χ4n) is 3.20. The number of aryl methyl sites for hydroxylation is 1. The van der Waals surface area contributed by atoms with Gasteiger partial charge in [-0.25, -0.2) is 14.2 Å². The Morgan fingerprint density at radius 2 is 1.75 bits per heavy atom. The van der Waals surface area contributed by atoms with Gasteiger partial charge in [-0.15, -0.1) is 0 Å². The first-order valence-corrected chi connectivity index (χ1v) is 7.63. The first kappa shape index (κ1) is 14.7. The van der Waals surface area contributed by atoms with Crippen molar-refractivity contribution in [2.45, 2.75) is 13.1 Å². The van der Waals surface area contributed by atoms with Gasteiger partial charge in [0.1, 0.15) is 11.6 Å². The summed E-state index contributed by atoms with van der Waals surface area (Å²) in [5, 5.41) is 0. The summed E-state index contributed by atoms with van der Waals surface area (Å²) in [5.74, 6) is 0.445. The maximum Gasteiger partial charge on any atom is 0.332 e. The quantitative estimate of drug-likeness (QED) is 0.656. The molecular formula is C16H16FN5O2. The molecule has 124 valence electrons. The molecule has 1 aliphatic heterocycles. The Kier molecular flexibility index (Phi) is 3.09. The number of hydrogen-bond acceptors (Lipinski definition) is 4. The van der Waals surface area contributed by atoms with E-state index in [4.69, 9.17) is 0 Å². The van der Waals surface area contributed by atoms with Gasteiger partial charge in [-0.3, -0.25) is 13.9 Å². The first-order chi connectivity index (χ1) is 11.5. The third kappa shape index (κ3) is 1.99. The summed E-state index contributed by atoms with van der Waals surface area (Å²) in [4.78, 5) is 31.1.